The maximum Gasteiger partial charge on any atom is 0.247 e. The summed E-state index contributed by atoms with van der Waals surface area (Å²) in [5, 5.41) is -0.0565. The lowest BCUT2D eigenvalue weighted by molar-refractivity contribution is 0.507. The maximum absolute atomic E-state index is 12.3. The summed E-state index contributed by atoms with van der Waals surface area (Å²) in [6, 6.07) is 4.45. The first kappa shape index (κ1) is 23.9. The molecule has 2 heterocycles. The van der Waals surface area contributed by atoms with Gasteiger partial charge in [-0.05, 0) is 37.5 Å². The standard InChI is InChI=1S/C20H20Cl2N4O5S2/c1-3-8-33(29,30)26-15-10-12(21)9-13(16(15)22)17-18(31-19(25-17)11-4-5-11)14-6-7-23-20(24-14)32(2,27)28/h6-7,9-11,26H,3-5,8H2,1-2H3. The average Bonchev–Trinajstić information content (AvgIpc) is 3.48. The molecule has 0 bridgehead atoms. The van der Waals surface area contributed by atoms with Gasteiger partial charge in [-0.25, -0.2) is 31.8 Å². The normalized spacial score (nSPS) is 14.4. The Balaban J connectivity index is 1.88. The van der Waals surface area contributed by atoms with Gasteiger partial charge in [0, 0.05) is 29.0 Å². The van der Waals surface area contributed by atoms with E-state index in [0.29, 0.717) is 17.9 Å². The topological polar surface area (TPSA) is 132 Å². The Morgan fingerprint density at radius 1 is 1.15 bits per heavy atom. The van der Waals surface area contributed by atoms with E-state index in [1.54, 1.807) is 6.92 Å². The van der Waals surface area contributed by atoms with Gasteiger partial charge in [0.05, 0.1) is 16.5 Å². The Bertz CT molecular complexity index is 1430. The van der Waals surface area contributed by atoms with Gasteiger partial charge < -0.3 is 4.42 Å². The highest BCUT2D eigenvalue weighted by atomic mass is 35.5. The largest absolute Gasteiger partial charge is 0.438 e. The van der Waals surface area contributed by atoms with Gasteiger partial charge in [-0.1, -0.05) is 30.1 Å². The summed E-state index contributed by atoms with van der Waals surface area (Å²) in [7, 11) is -7.29. The molecule has 0 amide bonds. The van der Waals surface area contributed by atoms with Gasteiger partial charge in [0.15, 0.2) is 11.7 Å². The Labute approximate surface area is 201 Å². The predicted molar refractivity (Wildman–Crippen MR) is 126 cm³/mol. The van der Waals surface area contributed by atoms with Crippen molar-refractivity contribution in [3.05, 3.63) is 40.3 Å². The van der Waals surface area contributed by atoms with Crippen LogP contribution in [0.5, 0.6) is 0 Å². The molecule has 0 spiro atoms. The van der Waals surface area contributed by atoms with E-state index in [0.717, 1.165) is 19.1 Å². The smallest absolute Gasteiger partial charge is 0.247 e. The number of hydrogen-bond acceptors (Lipinski definition) is 8. The van der Waals surface area contributed by atoms with Crippen LogP contribution in [0.2, 0.25) is 10.0 Å². The highest BCUT2D eigenvalue weighted by Gasteiger charge is 2.32. The molecule has 9 nitrogen and oxygen atoms in total. The Morgan fingerprint density at radius 3 is 2.52 bits per heavy atom. The van der Waals surface area contributed by atoms with Gasteiger partial charge in [0.25, 0.3) is 0 Å². The van der Waals surface area contributed by atoms with Crippen molar-refractivity contribution in [2.75, 3.05) is 16.7 Å². The first-order chi connectivity index (χ1) is 15.5. The van der Waals surface area contributed by atoms with E-state index in [1.165, 1.54) is 24.4 Å². The molecule has 1 saturated carbocycles. The van der Waals surface area contributed by atoms with Gasteiger partial charge >= 0.3 is 0 Å². The van der Waals surface area contributed by atoms with E-state index < -0.39 is 19.9 Å². The third kappa shape index (κ3) is 5.32. The molecule has 0 unspecified atom stereocenters. The molecule has 1 aliphatic rings. The van der Waals surface area contributed by atoms with Crippen LogP contribution in [0.3, 0.4) is 0 Å². The fourth-order valence-electron chi connectivity index (χ4n) is 3.17. The summed E-state index contributed by atoms with van der Waals surface area (Å²) >= 11 is 12.9. The van der Waals surface area contributed by atoms with Crippen molar-refractivity contribution in [2.24, 2.45) is 0 Å². The number of nitrogens with one attached hydrogen (secondary N) is 1. The average molecular weight is 531 g/mol. The van der Waals surface area contributed by atoms with Crippen molar-refractivity contribution < 1.29 is 21.3 Å². The third-order valence-electron chi connectivity index (χ3n) is 4.80. The van der Waals surface area contributed by atoms with Gasteiger partial charge in [-0.2, -0.15) is 0 Å². The minimum absolute atomic E-state index is 0.0772. The van der Waals surface area contributed by atoms with E-state index >= 15 is 0 Å². The van der Waals surface area contributed by atoms with Crippen LogP contribution >= 0.6 is 23.2 Å². The van der Waals surface area contributed by atoms with Crippen LogP contribution in [0.15, 0.2) is 34.0 Å². The molecule has 1 aromatic carbocycles. The molecule has 0 aliphatic heterocycles. The highest BCUT2D eigenvalue weighted by molar-refractivity contribution is 7.92. The SMILES string of the molecule is CCCS(=O)(=O)Nc1cc(Cl)cc(-c2nc(C3CC3)oc2-c2ccnc(S(C)(=O)=O)n2)c1Cl. The van der Waals surface area contributed by atoms with Crippen molar-refractivity contribution in [1.29, 1.82) is 0 Å². The second-order valence-corrected chi connectivity index (χ2v) is 12.3. The quantitative estimate of drug-likeness (QED) is 0.419. The summed E-state index contributed by atoms with van der Waals surface area (Å²) in [5.41, 5.74) is 0.903. The molecule has 2 aromatic heterocycles. The number of benzene rings is 1. The van der Waals surface area contributed by atoms with Crippen molar-refractivity contribution in [3.63, 3.8) is 0 Å². The molecule has 0 radical (unpaired) electrons. The zero-order valence-electron chi connectivity index (χ0n) is 17.7. The van der Waals surface area contributed by atoms with Crippen LogP contribution < -0.4 is 4.72 Å². The molecule has 13 heteroatoms. The number of halogens is 2. The number of hydrogen-bond donors (Lipinski definition) is 1. The molecular formula is C20H20Cl2N4O5S2. The number of sulfone groups is 1. The van der Waals surface area contributed by atoms with E-state index in [2.05, 4.69) is 19.7 Å². The van der Waals surface area contributed by atoms with Crippen molar-refractivity contribution in [1.82, 2.24) is 15.0 Å². The second-order valence-electron chi connectivity index (χ2n) is 7.74. The monoisotopic (exact) mass is 530 g/mol. The van der Waals surface area contributed by atoms with Crippen molar-refractivity contribution in [2.45, 2.75) is 37.3 Å². The predicted octanol–water partition coefficient (Wildman–Crippen LogP) is 4.54. The van der Waals surface area contributed by atoms with E-state index in [1.807, 2.05) is 0 Å². The summed E-state index contributed by atoms with van der Waals surface area (Å²) in [5.74, 6) is 0.704. The van der Waals surface area contributed by atoms with Crippen LogP contribution in [-0.4, -0.2) is 43.8 Å². The molecular weight excluding hydrogens is 511 g/mol. The lowest BCUT2D eigenvalue weighted by Crippen LogP contribution is -2.16. The lowest BCUT2D eigenvalue weighted by Gasteiger charge is -2.12. The minimum Gasteiger partial charge on any atom is -0.438 e. The number of rotatable bonds is 8. The van der Waals surface area contributed by atoms with Gasteiger partial charge in [-0.15, -0.1) is 0 Å². The Kier molecular flexibility index (Phi) is 6.43. The fraction of sp³-hybridized carbons (Fsp3) is 0.350. The van der Waals surface area contributed by atoms with E-state index in [4.69, 9.17) is 27.6 Å². The first-order valence-electron chi connectivity index (χ1n) is 10.0. The zero-order valence-corrected chi connectivity index (χ0v) is 20.8. The van der Waals surface area contributed by atoms with Gasteiger partial charge in [0.1, 0.15) is 11.4 Å². The molecule has 0 saturated heterocycles. The number of oxazole rings is 1. The van der Waals surface area contributed by atoms with E-state index in [-0.39, 0.29) is 49.7 Å². The zero-order chi connectivity index (χ0) is 24.0. The minimum atomic E-state index is -3.66. The van der Waals surface area contributed by atoms with Crippen molar-refractivity contribution >= 4 is 48.7 Å². The molecule has 33 heavy (non-hydrogen) atoms. The number of anilines is 1. The van der Waals surface area contributed by atoms with Crippen LogP contribution in [-0.2, 0) is 19.9 Å². The molecule has 176 valence electrons. The molecule has 0 atom stereocenters. The summed E-state index contributed by atoms with van der Waals surface area (Å²) in [6.45, 7) is 1.75. The fourth-order valence-corrected chi connectivity index (χ4v) is 5.34. The van der Waals surface area contributed by atoms with Crippen LogP contribution in [0.1, 0.15) is 38.0 Å². The number of nitrogens with zero attached hydrogens (tertiary/aromatic N) is 3. The van der Waals surface area contributed by atoms with Crippen LogP contribution in [0.4, 0.5) is 5.69 Å². The first-order valence-corrected chi connectivity index (χ1v) is 14.3. The van der Waals surface area contributed by atoms with Gasteiger partial charge in [-0.3, -0.25) is 4.72 Å². The summed E-state index contributed by atoms with van der Waals surface area (Å²) in [4.78, 5) is 12.5. The molecule has 3 aromatic rings. The van der Waals surface area contributed by atoms with Gasteiger partial charge in [0.2, 0.25) is 25.0 Å². The number of sulfonamides is 1. The molecule has 1 fully saturated rings. The molecule has 4 rings (SSSR count). The Morgan fingerprint density at radius 2 is 1.88 bits per heavy atom. The van der Waals surface area contributed by atoms with Crippen molar-refractivity contribution in [3.8, 4) is 22.7 Å². The van der Waals surface area contributed by atoms with E-state index in [9.17, 15) is 16.8 Å². The maximum atomic E-state index is 12.3. The molecule has 1 N–H and O–H groups in total. The van der Waals surface area contributed by atoms with Crippen LogP contribution in [0.25, 0.3) is 22.7 Å². The van der Waals surface area contributed by atoms with Crippen LogP contribution in [0, 0.1) is 0 Å². The summed E-state index contributed by atoms with van der Waals surface area (Å²) in [6.07, 6.45) is 4.55. The lowest BCUT2D eigenvalue weighted by atomic mass is 10.1. The number of aromatic nitrogens is 3. The second kappa shape index (κ2) is 8.86. The highest BCUT2D eigenvalue weighted by Crippen LogP contribution is 2.46. The third-order valence-corrected chi connectivity index (χ3v) is 7.76. The Hall–Kier alpha value is -2.21. The molecule has 1 aliphatic carbocycles. The summed E-state index contributed by atoms with van der Waals surface area (Å²) < 4.78 is 57.0.